The highest BCUT2D eigenvalue weighted by molar-refractivity contribution is 9.10. The molecule has 2 aromatic rings. The monoisotopic (exact) mass is 282 g/mol. The smallest absolute Gasteiger partial charge is 0.125 e. The molecule has 2 nitrogen and oxygen atoms in total. The van der Waals surface area contributed by atoms with Gasteiger partial charge in [-0.05, 0) is 27.9 Å². The topological polar surface area (TPSA) is 25.8 Å². The van der Waals surface area contributed by atoms with E-state index in [1.54, 1.807) is 17.5 Å². The third-order valence-electron chi connectivity index (χ3n) is 2.07. The van der Waals surface area contributed by atoms with E-state index in [0.717, 1.165) is 20.7 Å². The van der Waals surface area contributed by atoms with Crippen molar-refractivity contribution in [3.63, 3.8) is 0 Å². The van der Waals surface area contributed by atoms with Crippen molar-refractivity contribution in [2.75, 3.05) is 0 Å². The van der Waals surface area contributed by atoms with Gasteiger partial charge in [-0.3, -0.25) is 4.98 Å². The van der Waals surface area contributed by atoms with E-state index in [4.69, 9.17) is 0 Å². The molecule has 0 bridgehead atoms. The van der Waals surface area contributed by atoms with Crippen molar-refractivity contribution in [3.05, 3.63) is 34.0 Å². The van der Waals surface area contributed by atoms with Crippen LogP contribution in [-0.2, 0) is 0 Å². The van der Waals surface area contributed by atoms with Crippen molar-refractivity contribution in [1.82, 2.24) is 9.97 Å². The summed E-state index contributed by atoms with van der Waals surface area (Å²) in [6.45, 7) is 4.30. The minimum Gasteiger partial charge on any atom is -0.263 e. The number of aromatic nitrogens is 2. The lowest BCUT2D eigenvalue weighted by molar-refractivity contribution is 0.834. The Morgan fingerprint density at radius 2 is 2.13 bits per heavy atom. The fraction of sp³-hybridized carbons (Fsp3) is 0.273. The molecular formula is C11H11BrN2S. The number of hydrogen-bond donors (Lipinski definition) is 0. The quantitative estimate of drug-likeness (QED) is 0.829. The van der Waals surface area contributed by atoms with E-state index in [1.165, 1.54) is 0 Å². The number of nitrogens with zero attached hydrogens (tertiary/aromatic N) is 2. The van der Waals surface area contributed by atoms with Gasteiger partial charge in [-0.1, -0.05) is 13.8 Å². The number of hydrogen-bond acceptors (Lipinski definition) is 3. The van der Waals surface area contributed by atoms with Crippen LogP contribution >= 0.6 is 27.3 Å². The van der Waals surface area contributed by atoms with Gasteiger partial charge in [0.1, 0.15) is 5.01 Å². The van der Waals surface area contributed by atoms with Gasteiger partial charge >= 0.3 is 0 Å². The van der Waals surface area contributed by atoms with Gasteiger partial charge in [-0.2, -0.15) is 0 Å². The molecule has 2 heterocycles. The summed E-state index contributed by atoms with van der Waals surface area (Å²) in [7, 11) is 0. The highest BCUT2D eigenvalue weighted by Gasteiger charge is 2.07. The Morgan fingerprint density at radius 3 is 2.73 bits per heavy atom. The van der Waals surface area contributed by atoms with Crippen LogP contribution in [0.3, 0.4) is 0 Å². The molecule has 0 atom stereocenters. The van der Waals surface area contributed by atoms with Crippen molar-refractivity contribution in [3.8, 4) is 10.6 Å². The van der Waals surface area contributed by atoms with Crippen LogP contribution in [0.2, 0.25) is 0 Å². The molecule has 0 aliphatic rings. The van der Waals surface area contributed by atoms with Crippen LogP contribution in [0.5, 0.6) is 0 Å². The first-order valence-corrected chi connectivity index (χ1v) is 6.40. The number of rotatable bonds is 2. The van der Waals surface area contributed by atoms with E-state index in [2.05, 4.69) is 45.1 Å². The summed E-state index contributed by atoms with van der Waals surface area (Å²) in [4.78, 5) is 8.71. The molecule has 0 aliphatic heterocycles. The number of halogens is 1. The standard InChI is InChI=1S/C11H11BrN2S/c1-7(2)10-6-15-11(14-10)8-3-9(12)5-13-4-8/h3-7H,1-2H3. The Morgan fingerprint density at radius 1 is 1.33 bits per heavy atom. The van der Waals surface area contributed by atoms with Crippen molar-refractivity contribution >= 4 is 27.3 Å². The molecule has 0 saturated carbocycles. The van der Waals surface area contributed by atoms with E-state index in [9.17, 15) is 0 Å². The van der Waals surface area contributed by atoms with E-state index in [0.29, 0.717) is 5.92 Å². The summed E-state index contributed by atoms with van der Waals surface area (Å²) < 4.78 is 0.987. The van der Waals surface area contributed by atoms with E-state index < -0.39 is 0 Å². The van der Waals surface area contributed by atoms with E-state index in [1.807, 2.05) is 12.3 Å². The van der Waals surface area contributed by atoms with Crippen molar-refractivity contribution < 1.29 is 0 Å². The molecule has 4 heteroatoms. The summed E-state index contributed by atoms with van der Waals surface area (Å²) in [5.41, 5.74) is 2.22. The first-order chi connectivity index (χ1) is 7.16. The van der Waals surface area contributed by atoms with Crippen LogP contribution in [0.25, 0.3) is 10.6 Å². The number of pyridine rings is 1. The highest BCUT2D eigenvalue weighted by atomic mass is 79.9. The molecule has 0 aromatic carbocycles. The summed E-state index contributed by atoms with van der Waals surface area (Å²) >= 11 is 5.08. The molecule has 0 radical (unpaired) electrons. The Bertz CT molecular complexity index is 465. The Hall–Kier alpha value is -0.740. The maximum atomic E-state index is 4.58. The molecule has 0 spiro atoms. The van der Waals surface area contributed by atoms with Crippen LogP contribution in [0.4, 0.5) is 0 Å². The van der Waals surface area contributed by atoms with Crippen LogP contribution in [0, 0.1) is 0 Å². The van der Waals surface area contributed by atoms with Gasteiger partial charge in [-0.25, -0.2) is 4.98 Å². The second-order valence-corrected chi connectivity index (χ2v) is 5.40. The second-order valence-electron chi connectivity index (χ2n) is 3.62. The average molecular weight is 283 g/mol. The highest BCUT2D eigenvalue weighted by Crippen LogP contribution is 2.27. The van der Waals surface area contributed by atoms with Crippen LogP contribution in [0.1, 0.15) is 25.5 Å². The van der Waals surface area contributed by atoms with Crippen LogP contribution in [-0.4, -0.2) is 9.97 Å². The summed E-state index contributed by atoms with van der Waals surface area (Å²) in [5, 5.41) is 3.15. The molecule has 0 saturated heterocycles. The third-order valence-corrected chi connectivity index (χ3v) is 3.41. The number of thiazole rings is 1. The molecule has 0 aliphatic carbocycles. The zero-order chi connectivity index (χ0) is 10.8. The molecule has 0 unspecified atom stereocenters. The largest absolute Gasteiger partial charge is 0.263 e. The Kier molecular flexibility index (Phi) is 3.17. The van der Waals surface area contributed by atoms with Gasteiger partial charge in [0, 0.05) is 27.8 Å². The molecule has 0 N–H and O–H groups in total. The SMILES string of the molecule is CC(C)c1csc(-c2cncc(Br)c2)n1. The predicted octanol–water partition coefficient (Wildman–Crippen LogP) is 4.09. The van der Waals surface area contributed by atoms with Crippen molar-refractivity contribution in [2.45, 2.75) is 19.8 Å². The second kappa shape index (κ2) is 4.41. The van der Waals surface area contributed by atoms with Crippen LogP contribution in [0.15, 0.2) is 28.3 Å². The maximum Gasteiger partial charge on any atom is 0.125 e. The van der Waals surface area contributed by atoms with Gasteiger partial charge in [0.05, 0.1) is 5.69 Å². The predicted molar refractivity (Wildman–Crippen MR) is 67.1 cm³/mol. The van der Waals surface area contributed by atoms with Gasteiger partial charge in [0.15, 0.2) is 0 Å². The van der Waals surface area contributed by atoms with E-state index >= 15 is 0 Å². The summed E-state index contributed by atoms with van der Waals surface area (Å²) in [5.74, 6) is 0.482. The van der Waals surface area contributed by atoms with E-state index in [-0.39, 0.29) is 0 Å². The molecular weight excluding hydrogens is 272 g/mol. The Labute approximate surface area is 102 Å². The Balaban J connectivity index is 2.37. The van der Waals surface area contributed by atoms with Crippen molar-refractivity contribution in [1.29, 1.82) is 0 Å². The molecule has 0 fully saturated rings. The van der Waals surface area contributed by atoms with Crippen LogP contribution < -0.4 is 0 Å². The lowest BCUT2D eigenvalue weighted by atomic mass is 10.2. The third kappa shape index (κ3) is 2.44. The molecule has 78 valence electrons. The van der Waals surface area contributed by atoms with Gasteiger partial charge in [0.25, 0.3) is 0 Å². The minimum atomic E-state index is 0.482. The summed E-state index contributed by atoms with van der Waals surface area (Å²) in [6.07, 6.45) is 3.62. The zero-order valence-electron chi connectivity index (χ0n) is 8.57. The fourth-order valence-corrected chi connectivity index (χ4v) is 2.54. The lowest BCUT2D eigenvalue weighted by Gasteiger charge is -1.98. The molecule has 0 amide bonds. The molecule has 2 aromatic heterocycles. The minimum absolute atomic E-state index is 0.482. The van der Waals surface area contributed by atoms with Gasteiger partial charge < -0.3 is 0 Å². The molecule has 15 heavy (non-hydrogen) atoms. The fourth-order valence-electron chi connectivity index (χ4n) is 1.21. The first kappa shape index (κ1) is 10.8. The summed E-state index contributed by atoms with van der Waals surface area (Å²) in [6, 6.07) is 2.04. The average Bonchev–Trinajstić information content (AvgIpc) is 2.66. The normalized spacial score (nSPS) is 10.9. The lowest BCUT2D eigenvalue weighted by Crippen LogP contribution is -1.87. The van der Waals surface area contributed by atoms with Crippen molar-refractivity contribution in [2.24, 2.45) is 0 Å². The van der Waals surface area contributed by atoms with Gasteiger partial charge in [-0.15, -0.1) is 11.3 Å². The molecule has 2 rings (SSSR count). The van der Waals surface area contributed by atoms with Gasteiger partial charge in [0.2, 0.25) is 0 Å². The first-order valence-electron chi connectivity index (χ1n) is 4.73. The maximum absolute atomic E-state index is 4.58. The zero-order valence-corrected chi connectivity index (χ0v) is 11.0.